The van der Waals surface area contributed by atoms with Crippen LogP contribution in [0.4, 0.5) is 5.69 Å². The number of ketones is 1. The van der Waals surface area contributed by atoms with Gasteiger partial charge < -0.3 is 10.2 Å². The van der Waals surface area contributed by atoms with Gasteiger partial charge in [0.05, 0.1) is 12.1 Å². The maximum absolute atomic E-state index is 13.0. The van der Waals surface area contributed by atoms with Crippen LogP contribution in [0.3, 0.4) is 0 Å². The highest BCUT2D eigenvalue weighted by atomic mass is 16.2. The SMILES string of the molecule is CC(=O)c1ccc(N2CCN([C@@H](C)C(=O)N[C@H]3CCCc4ccccc43)CC2)cc1. The molecule has 2 atom stereocenters. The quantitative estimate of drug-likeness (QED) is 0.773. The predicted molar refractivity (Wildman–Crippen MR) is 120 cm³/mol. The first-order valence-corrected chi connectivity index (χ1v) is 11.0. The third kappa shape index (κ3) is 4.41. The minimum absolute atomic E-state index is 0.0896. The average molecular weight is 406 g/mol. The molecule has 2 aliphatic rings. The Hall–Kier alpha value is -2.66. The Bertz CT molecular complexity index is 901. The summed E-state index contributed by atoms with van der Waals surface area (Å²) in [7, 11) is 0. The maximum Gasteiger partial charge on any atom is 0.237 e. The lowest BCUT2D eigenvalue weighted by Crippen LogP contribution is -2.54. The van der Waals surface area contributed by atoms with Gasteiger partial charge in [0.15, 0.2) is 5.78 Å². The van der Waals surface area contributed by atoms with E-state index in [1.54, 1.807) is 6.92 Å². The molecule has 4 rings (SSSR count). The molecule has 2 aromatic rings. The van der Waals surface area contributed by atoms with Crippen LogP contribution < -0.4 is 10.2 Å². The fourth-order valence-electron chi connectivity index (χ4n) is 4.64. The molecule has 158 valence electrons. The summed E-state index contributed by atoms with van der Waals surface area (Å²) in [5.41, 5.74) is 4.52. The first kappa shape index (κ1) is 20.6. The van der Waals surface area contributed by atoms with Gasteiger partial charge in [-0.15, -0.1) is 0 Å². The molecule has 0 spiro atoms. The number of Topliss-reactive ketones (excluding diaryl/α,β-unsaturated/α-hetero) is 1. The molecule has 1 aliphatic heterocycles. The number of nitrogens with zero attached hydrogens (tertiary/aromatic N) is 2. The van der Waals surface area contributed by atoms with E-state index < -0.39 is 0 Å². The van der Waals surface area contributed by atoms with Gasteiger partial charge in [-0.25, -0.2) is 0 Å². The number of benzene rings is 2. The van der Waals surface area contributed by atoms with Crippen molar-refractivity contribution < 1.29 is 9.59 Å². The molecule has 1 aliphatic carbocycles. The highest BCUT2D eigenvalue weighted by molar-refractivity contribution is 5.94. The van der Waals surface area contributed by atoms with Gasteiger partial charge in [-0.2, -0.15) is 0 Å². The second-order valence-electron chi connectivity index (χ2n) is 8.45. The topological polar surface area (TPSA) is 52.7 Å². The van der Waals surface area contributed by atoms with Crippen LogP contribution in [0, 0.1) is 0 Å². The number of hydrogen-bond donors (Lipinski definition) is 1. The molecular weight excluding hydrogens is 374 g/mol. The maximum atomic E-state index is 13.0. The number of hydrogen-bond acceptors (Lipinski definition) is 4. The van der Waals surface area contributed by atoms with E-state index in [0.717, 1.165) is 56.7 Å². The van der Waals surface area contributed by atoms with E-state index in [4.69, 9.17) is 0 Å². The Morgan fingerprint density at radius 3 is 2.40 bits per heavy atom. The van der Waals surface area contributed by atoms with Crippen molar-refractivity contribution >= 4 is 17.4 Å². The van der Waals surface area contributed by atoms with Crippen LogP contribution in [0.25, 0.3) is 0 Å². The highest BCUT2D eigenvalue weighted by Crippen LogP contribution is 2.29. The summed E-state index contributed by atoms with van der Waals surface area (Å²) in [6, 6.07) is 16.3. The smallest absolute Gasteiger partial charge is 0.237 e. The number of aryl methyl sites for hydroxylation is 1. The Kier molecular flexibility index (Phi) is 6.18. The molecule has 1 saturated heterocycles. The molecule has 5 nitrogen and oxygen atoms in total. The zero-order valence-electron chi connectivity index (χ0n) is 17.9. The Morgan fingerprint density at radius 1 is 1.00 bits per heavy atom. The van der Waals surface area contributed by atoms with Crippen molar-refractivity contribution in [1.29, 1.82) is 0 Å². The summed E-state index contributed by atoms with van der Waals surface area (Å²) in [5.74, 6) is 0.211. The van der Waals surface area contributed by atoms with Crippen LogP contribution >= 0.6 is 0 Å². The summed E-state index contributed by atoms with van der Waals surface area (Å²) in [4.78, 5) is 29.0. The van der Waals surface area contributed by atoms with Crippen LogP contribution in [0.5, 0.6) is 0 Å². The molecule has 1 heterocycles. The van der Waals surface area contributed by atoms with Crippen molar-refractivity contribution in [2.45, 2.75) is 45.2 Å². The third-order valence-corrected chi connectivity index (χ3v) is 6.57. The van der Waals surface area contributed by atoms with Crippen LogP contribution in [0.2, 0.25) is 0 Å². The molecular formula is C25H31N3O2. The van der Waals surface area contributed by atoms with Gasteiger partial charge in [-0.05, 0) is 68.5 Å². The number of carbonyl (C=O) groups excluding carboxylic acids is 2. The normalized spacial score (nSPS) is 20.3. The van der Waals surface area contributed by atoms with Gasteiger partial charge in [-0.3, -0.25) is 14.5 Å². The van der Waals surface area contributed by atoms with E-state index in [2.05, 4.69) is 39.4 Å². The van der Waals surface area contributed by atoms with Gasteiger partial charge in [0, 0.05) is 37.4 Å². The number of rotatable bonds is 5. The van der Waals surface area contributed by atoms with Gasteiger partial charge in [0.1, 0.15) is 0 Å². The molecule has 0 aromatic heterocycles. The number of piperazine rings is 1. The standard InChI is InChI=1S/C25H31N3O2/c1-18(25(30)26-24-9-5-7-21-6-3-4-8-23(21)24)27-14-16-28(17-15-27)22-12-10-20(11-13-22)19(2)29/h3-4,6,8,10-13,18,24H,5,7,9,14-17H2,1-2H3,(H,26,30)/t18-,24-/m0/s1. The zero-order chi connectivity index (χ0) is 21.1. The Morgan fingerprint density at radius 2 is 1.70 bits per heavy atom. The molecule has 5 heteroatoms. The van der Waals surface area contributed by atoms with Crippen LogP contribution in [-0.4, -0.2) is 48.8 Å². The summed E-state index contributed by atoms with van der Waals surface area (Å²) < 4.78 is 0. The lowest BCUT2D eigenvalue weighted by Gasteiger charge is -2.39. The molecule has 0 radical (unpaired) electrons. The summed E-state index contributed by atoms with van der Waals surface area (Å²) >= 11 is 0. The first-order chi connectivity index (χ1) is 14.5. The molecule has 0 saturated carbocycles. The van der Waals surface area contributed by atoms with Crippen LogP contribution in [0.1, 0.15) is 54.2 Å². The highest BCUT2D eigenvalue weighted by Gasteiger charge is 2.28. The van der Waals surface area contributed by atoms with E-state index >= 15 is 0 Å². The zero-order valence-corrected chi connectivity index (χ0v) is 17.9. The average Bonchev–Trinajstić information content (AvgIpc) is 2.79. The second-order valence-corrected chi connectivity index (χ2v) is 8.45. The minimum Gasteiger partial charge on any atom is -0.369 e. The van der Waals surface area contributed by atoms with Crippen molar-refractivity contribution in [3.63, 3.8) is 0 Å². The summed E-state index contributed by atoms with van der Waals surface area (Å²) in [6.45, 7) is 7.06. The number of amides is 1. The second kappa shape index (κ2) is 9.00. The summed E-state index contributed by atoms with van der Waals surface area (Å²) in [6.07, 6.45) is 3.24. The van der Waals surface area contributed by atoms with Crippen molar-refractivity contribution in [3.8, 4) is 0 Å². The van der Waals surface area contributed by atoms with E-state index in [1.807, 2.05) is 31.2 Å². The minimum atomic E-state index is -0.138. The van der Waals surface area contributed by atoms with Gasteiger partial charge >= 0.3 is 0 Å². The molecule has 30 heavy (non-hydrogen) atoms. The Balaban J connectivity index is 1.32. The monoisotopic (exact) mass is 405 g/mol. The van der Waals surface area contributed by atoms with Crippen LogP contribution in [-0.2, 0) is 11.2 Å². The first-order valence-electron chi connectivity index (χ1n) is 11.0. The molecule has 1 amide bonds. The van der Waals surface area contributed by atoms with E-state index in [1.165, 1.54) is 11.1 Å². The van der Waals surface area contributed by atoms with E-state index in [0.29, 0.717) is 0 Å². The lowest BCUT2D eigenvalue weighted by atomic mass is 9.87. The number of anilines is 1. The van der Waals surface area contributed by atoms with Crippen molar-refractivity contribution in [1.82, 2.24) is 10.2 Å². The van der Waals surface area contributed by atoms with Crippen molar-refractivity contribution in [2.75, 3.05) is 31.1 Å². The van der Waals surface area contributed by atoms with E-state index in [9.17, 15) is 9.59 Å². The molecule has 1 fully saturated rings. The molecule has 0 bridgehead atoms. The van der Waals surface area contributed by atoms with Gasteiger partial charge in [-0.1, -0.05) is 24.3 Å². The number of carbonyl (C=O) groups is 2. The lowest BCUT2D eigenvalue weighted by molar-refractivity contribution is -0.126. The number of nitrogens with one attached hydrogen (secondary N) is 1. The van der Waals surface area contributed by atoms with E-state index in [-0.39, 0.29) is 23.8 Å². The largest absolute Gasteiger partial charge is 0.369 e. The predicted octanol–water partition coefficient (Wildman–Crippen LogP) is 3.59. The van der Waals surface area contributed by atoms with Crippen molar-refractivity contribution in [3.05, 3.63) is 65.2 Å². The third-order valence-electron chi connectivity index (χ3n) is 6.57. The fraction of sp³-hybridized carbons (Fsp3) is 0.440. The molecule has 2 aromatic carbocycles. The van der Waals surface area contributed by atoms with Crippen molar-refractivity contribution in [2.24, 2.45) is 0 Å². The molecule has 0 unspecified atom stereocenters. The Labute approximate surface area is 179 Å². The van der Waals surface area contributed by atoms with Gasteiger partial charge in [0.2, 0.25) is 5.91 Å². The molecule has 1 N–H and O–H groups in total. The number of fused-ring (bicyclic) bond motifs is 1. The van der Waals surface area contributed by atoms with Crippen LogP contribution in [0.15, 0.2) is 48.5 Å². The fourth-order valence-corrected chi connectivity index (χ4v) is 4.64. The summed E-state index contributed by atoms with van der Waals surface area (Å²) in [5, 5.41) is 3.31. The van der Waals surface area contributed by atoms with Gasteiger partial charge in [0.25, 0.3) is 0 Å².